The summed E-state index contributed by atoms with van der Waals surface area (Å²) in [5, 5.41) is 21.0. The maximum absolute atomic E-state index is 12.0. The van der Waals surface area contributed by atoms with Gasteiger partial charge in [-0.3, -0.25) is 4.79 Å². The number of phenolic OH excluding ortho intramolecular Hbond substituents is 1. The Morgan fingerprint density at radius 3 is 2.62 bits per heavy atom. The summed E-state index contributed by atoms with van der Waals surface area (Å²) in [4.78, 5) is 26.7. The highest BCUT2D eigenvalue weighted by Gasteiger charge is 2.13. The predicted molar refractivity (Wildman–Crippen MR) is 73.8 cm³/mol. The summed E-state index contributed by atoms with van der Waals surface area (Å²) in [5.74, 6) is -1.49. The molecule has 0 aliphatic heterocycles. The Balaban J connectivity index is 2.22. The van der Waals surface area contributed by atoms with Crippen molar-refractivity contribution >= 4 is 17.7 Å². The molecule has 21 heavy (non-hydrogen) atoms. The van der Waals surface area contributed by atoms with Crippen molar-refractivity contribution in [2.75, 3.05) is 12.4 Å². The number of aromatic hydroxyl groups is 1. The van der Waals surface area contributed by atoms with E-state index >= 15 is 0 Å². The molecule has 1 aromatic heterocycles. The van der Waals surface area contributed by atoms with Gasteiger partial charge in [0.05, 0.1) is 18.2 Å². The van der Waals surface area contributed by atoms with Gasteiger partial charge in [0.1, 0.15) is 17.3 Å². The van der Waals surface area contributed by atoms with Crippen LogP contribution in [0.3, 0.4) is 0 Å². The lowest BCUT2D eigenvalue weighted by atomic mass is 10.1. The molecule has 0 saturated carbocycles. The molecule has 3 N–H and O–H groups in total. The summed E-state index contributed by atoms with van der Waals surface area (Å²) >= 11 is 0. The number of carboxylic acid groups (broad SMARTS) is 1. The summed E-state index contributed by atoms with van der Waals surface area (Å²) in [6, 6.07) is 6.75. The lowest BCUT2D eigenvalue weighted by molar-refractivity contribution is 0.0696. The highest BCUT2D eigenvalue weighted by atomic mass is 16.5. The number of carbonyl (C=O) groups is 2. The second kappa shape index (κ2) is 5.91. The van der Waals surface area contributed by atoms with E-state index in [4.69, 9.17) is 9.84 Å². The zero-order valence-electron chi connectivity index (χ0n) is 11.0. The molecular weight excluding hydrogens is 276 g/mol. The maximum Gasteiger partial charge on any atom is 0.335 e. The fourth-order valence-corrected chi connectivity index (χ4v) is 1.65. The highest BCUT2D eigenvalue weighted by Crippen LogP contribution is 2.24. The van der Waals surface area contributed by atoms with Gasteiger partial charge in [0.25, 0.3) is 5.91 Å². The van der Waals surface area contributed by atoms with Crippen LogP contribution in [-0.4, -0.2) is 34.2 Å². The minimum absolute atomic E-state index is 0.000692. The second-order valence-electron chi connectivity index (χ2n) is 4.07. The number of aromatic nitrogens is 1. The topological polar surface area (TPSA) is 109 Å². The maximum atomic E-state index is 12.0. The van der Waals surface area contributed by atoms with Crippen LogP contribution < -0.4 is 10.1 Å². The third-order valence-corrected chi connectivity index (χ3v) is 2.70. The van der Waals surface area contributed by atoms with Crippen LogP contribution in [0.15, 0.2) is 36.5 Å². The molecule has 7 nitrogen and oxygen atoms in total. The van der Waals surface area contributed by atoms with Crippen molar-refractivity contribution in [1.29, 1.82) is 0 Å². The van der Waals surface area contributed by atoms with Gasteiger partial charge in [-0.1, -0.05) is 0 Å². The standard InChI is InChI=1S/C14H12N2O5/c1-21-9-2-3-10(11(17)7-9)13(18)16-12-6-8(14(19)20)4-5-15-12/h2-7,17H,1H3,(H,19,20)(H,15,16,18). The lowest BCUT2D eigenvalue weighted by Gasteiger charge is -2.08. The summed E-state index contributed by atoms with van der Waals surface area (Å²) in [7, 11) is 1.44. The molecule has 2 rings (SSSR count). The number of carboxylic acids is 1. The zero-order valence-corrected chi connectivity index (χ0v) is 11.0. The first-order chi connectivity index (χ1) is 10.0. The van der Waals surface area contributed by atoms with E-state index in [9.17, 15) is 14.7 Å². The molecule has 1 aromatic carbocycles. The smallest absolute Gasteiger partial charge is 0.335 e. The van der Waals surface area contributed by atoms with Crippen LogP contribution in [0.1, 0.15) is 20.7 Å². The Bertz CT molecular complexity index is 700. The lowest BCUT2D eigenvalue weighted by Crippen LogP contribution is -2.13. The first kappa shape index (κ1) is 14.3. The van der Waals surface area contributed by atoms with Crippen LogP contribution in [0, 0.1) is 0 Å². The Kier molecular flexibility index (Phi) is 4.03. The number of benzene rings is 1. The van der Waals surface area contributed by atoms with Crippen molar-refractivity contribution in [1.82, 2.24) is 4.98 Å². The fraction of sp³-hybridized carbons (Fsp3) is 0.0714. The minimum Gasteiger partial charge on any atom is -0.507 e. The predicted octanol–water partition coefficient (Wildman–Crippen LogP) is 1.75. The fourth-order valence-electron chi connectivity index (χ4n) is 1.65. The van der Waals surface area contributed by atoms with E-state index in [0.29, 0.717) is 5.75 Å². The number of pyridine rings is 1. The van der Waals surface area contributed by atoms with Crippen molar-refractivity contribution < 1.29 is 24.5 Å². The molecule has 0 atom stereocenters. The van der Waals surface area contributed by atoms with E-state index in [0.717, 1.165) is 0 Å². The molecule has 1 heterocycles. The number of nitrogens with zero attached hydrogens (tertiary/aromatic N) is 1. The molecule has 0 aliphatic carbocycles. The molecular formula is C14H12N2O5. The Hall–Kier alpha value is -3.09. The van der Waals surface area contributed by atoms with Gasteiger partial charge in [0.2, 0.25) is 0 Å². The number of nitrogens with one attached hydrogen (secondary N) is 1. The monoisotopic (exact) mass is 288 g/mol. The molecule has 0 radical (unpaired) electrons. The molecule has 0 unspecified atom stereocenters. The molecule has 108 valence electrons. The van der Waals surface area contributed by atoms with Crippen molar-refractivity contribution in [3.63, 3.8) is 0 Å². The van der Waals surface area contributed by atoms with Crippen molar-refractivity contribution in [3.8, 4) is 11.5 Å². The second-order valence-corrected chi connectivity index (χ2v) is 4.07. The first-order valence-electron chi connectivity index (χ1n) is 5.89. The van der Waals surface area contributed by atoms with Crippen LogP contribution in [0.2, 0.25) is 0 Å². The molecule has 0 aliphatic rings. The van der Waals surface area contributed by atoms with Gasteiger partial charge in [-0.15, -0.1) is 0 Å². The van der Waals surface area contributed by atoms with Gasteiger partial charge in [-0.25, -0.2) is 9.78 Å². The largest absolute Gasteiger partial charge is 0.507 e. The van der Waals surface area contributed by atoms with E-state index in [1.807, 2.05) is 0 Å². The average molecular weight is 288 g/mol. The van der Waals surface area contributed by atoms with E-state index in [2.05, 4.69) is 10.3 Å². The van der Waals surface area contributed by atoms with E-state index in [-0.39, 0.29) is 22.7 Å². The molecule has 7 heteroatoms. The summed E-state index contributed by atoms with van der Waals surface area (Å²) in [5.41, 5.74) is 0.0255. The van der Waals surface area contributed by atoms with Crippen LogP contribution in [0.5, 0.6) is 11.5 Å². The number of rotatable bonds is 4. The first-order valence-corrected chi connectivity index (χ1v) is 5.89. The summed E-state index contributed by atoms with van der Waals surface area (Å²) < 4.78 is 4.92. The van der Waals surface area contributed by atoms with Crippen molar-refractivity contribution in [3.05, 3.63) is 47.7 Å². The minimum atomic E-state index is -1.12. The molecule has 0 fully saturated rings. The average Bonchev–Trinajstić information content (AvgIpc) is 2.47. The van der Waals surface area contributed by atoms with E-state index in [1.54, 1.807) is 0 Å². The third kappa shape index (κ3) is 3.27. The van der Waals surface area contributed by atoms with Crippen LogP contribution >= 0.6 is 0 Å². The number of methoxy groups -OCH3 is 1. The Labute approximate surface area is 119 Å². The number of hydrogen-bond acceptors (Lipinski definition) is 5. The molecule has 1 amide bonds. The number of phenols is 1. The number of anilines is 1. The van der Waals surface area contributed by atoms with Gasteiger partial charge >= 0.3 is 5.97 Å². The number of aromatic carboxylic acids is 1. The van der Waals surface area contributed by atoms with Gasteiger partial charge in [-0.05, 0) is 24.3 Å². The molecule has 2 aromatic rings. The zero-order chi connectivity index (χ0) is 15.4. The Morgan fingerprint density at radius 1 is 1.24 bits per heavy atom. The summed E-state index contributed by atoms with van der Waals surface area (Å²) in [6.07, 6.45) is 1.27. The van der Waals surface area contributed by atoms with Crippen LogP contribution in [0.25, 0.3) is 0 Å². The van der Waals surface area contributed by atoms with Crippen molar-refractivity contribution in [2.45, 2.75) is 0 Å². The molecule has 0 saturated heterocycles. The quantitative estimate of drug-likeness (QED) is 0.790. The molecule has 0 spiro atoms. The van der Waals surface area contributed by atoms with Crippen LogP contribution in [-0.2, 0) is 0 Å². The van der Waals surface area contributed by atoms with Gasteiger partial charge in [0, 0.05) is 12.3 Å². The van der Waals surface area contributed by atoms with Gasteiger partial charge in [-0.2, -0.15) is 0 Å². The number of carbonyl (C=O) groups excluding carboxylic acids is 1. The Morgan fingerprint density at radius 2 is 2.00 bits per heavy atom. The summed E-state index contributed by atoms with van der Waals surface area (Å²) in [6.45, 7) is 0. The highest BCUT2D eigenvalue weighted by molar-refractivity contribution is 6.06. The number of ether oxygens (including phenoxy) is 1. The normalized spacial score (nSPS) is 9.95. The van der Waals surface area contributed by atoms with Crippen molar-refractivity contribution in [2.24, 2.45) is 0 Å². The number of amides is 1. The van der Waals surface area contributed by atoms with E-state index < -0.39 is 11.9 Å². The van der Waals surface area contributed by atoms with E-state index in [1.165, 1.54) is 43.6 Å². The van der Waals surface area contributed by atoms with Gasteiger partial charge < -0.3 is 20.3 Å². The SMILES string of the molecule is COc1ccc(C(=O)Nc2cc(C(=O)O)ccn2)c(O)c1. The van der Waals surface area contributed by atoms with Crippen LogP contribution in [0.4, 0.5) is 5.82 Å². The number of hydrogen-bond donors (Lipinski definition) is 3. The third-order valence-electron chi connectivity index (χ3n) is 2.70. The van der Waals surface area contributed by atoms with Gasteiger partial charge in [0.15, 0.2) is 0 Å². The molecule has 0 bridgehead atoms.